The first-order valence-corrected chi connectivity index (χ1v) is 9.11. The van der Waals surface area contributed by atoms with Gasteiger partial charge in [0.15, 0.2) is 0 Å². The minimum atomic E-state index is -0.287. The van der Waals surface area contributed by atoms with Crippen LogP contribution in [0.15, 0.2) is 36.4 Å². The lowest BCUT2D eigenvalue weighted by Crippen LogP contribution is -2.10. The summed E-state index contributed by atoms with van der Waals surface area (Å²) in [6.45, 7) is 2.51. The minimum Gasteiger partial charge on any atom is -0.495 e. The van der Waals surface area contributed by atoms with E-state index in [4.69, 9.17) is 32.7 Å². The molecule has 0 aliphatic heterocycles. The molecule has 0 radical (unpaired) electrons. The van der Waals surface area contributed by atoms with Gasteiger partial charge >= 0.3 is 0 Å². The van der Waals surface area contributed by atoms with Crippen LogP contribution in [0.1, 0.15) is 16.6 Å². The Hall–Kier alpha value is -1.95. The SMILES string of the molecule is CCOc1ccc(NC(=O)c2sc3c(Cl)c(OC)ccc3c2Cl)cc1. The standard InChI is InChI=1S/C18H15Cl2NO3S/c1-3-24-11-6-4-10(5-7-11)21-18(22)17-14(19)12-8-9-13(23-2)15(20)16(12)25-17/h4-9H,3H2,1-2H3,(H,21,22). The fraction of sp³-hybridized carbons (Fsp3) is 0.167. The van der Waals surface area contributed by atoms with Gasteiger partial charge in [0.05, 0.1) is 23.4 Å². The molecule has 0 unspecified atom stereocenters. The summed E-state index contributed by atoms with van der Waals surface area (Å²) in [5.41, 5.74) is 0.658. The molecule has 4 nitrogen and oxygen atoms in total. The molecule has 0 aliphatic carbocycles. The number of carbonyl (C=O) groups is 1. The molecule has 1 aromatic heterocycles. The molecule has 0 bridgehead atoms. The maximum Gasteiger partial charge on any atom is 0.267 e. The van der Waals surface area contributed by atoms with E-state index in [0.717, 1.165) is 15.8 Å². The number of hydrogen-bond donors (Lipinski definition) is 1. The van der Waals surface area contributed by atoms with Gasteiger partial charge in [-0.25, -0.2) is 0 Å². The zero-order valence-corrected chi connectivity index (χ0v) is 15.9. The van der Waals surface area contributed by atoms with Crippen molar-refractivity contribution in [1.29, 1.82) is 0 Å². The minimum absolute atomic E-state index is 0.287. The normalized spacial score (nSPS) is 10.7. The van der Waals surface area contributed by atoms with Crippen LogP contribution in [0.3, 0.4) is 0 Å². The lowest BCUT2D eigenvalue weighted by Gasteiger charge is -2.06. The van der Waals surface area contributed by atoms with Crippen molar-refractivity contribution in [2.75, 3.05) is 19.0 Å². The van der Waals surface area contributed by atoms with Gasteiger partial charge in [-0.3, -0.25) is 4.79 Å². The second-order valence-electron chi connectivity index (χ2n) is 5.12. The van der Waals surface area contributed by atoms with E-state index in [2.05, 4.69) is 5.32 Å². The number of thiophene rings is 1. The Morgan fingerprint density at radius 2 is 1.84 bits per heavy atom. The van der Waals surface area contributed by atoms with Crippen LogP contribution in [0, 0.1) is 0 Å². The van der Waals surface area contributed by atoms with Crippen molar-refractivity contribution in [2.45, 2.75) is 6.92 Å². The third-order valence-electron chi connectivity index (χ3n) is 3.55. The van der Waals surface area contributed by atoms with Crippen LogP contribution in [0.2, 0.25) is 10.0 Å². The zero-order valence-electron chi connectivity index (χ0n) is 13.6. The summed E-state index contributed by atoms with van der Waals surface area (Å²) >= 11 is 13.9. The van der Waals surface area contributed by atoms with Crippen molar-refractivity contribution >= 4 is 56.2 Å². The number of hydrogen-bond acceptors (Lipinski definition) is 4. The van der Waals surface area contributed by atoms with Crippen LogP contribution in [0.25, 0.3) is 10.1 Å². The van der Waals surface area contributed by atoms with Crippen molar-refractivity contribution < 1.29 is 14.3 Å². The molecule has 0 fully saturated rings. The molecule has 0 saturated heterocycles. The first kappa shape index (κ1) is 17.9. The van der Waals surface area contributed by atoms with Gasteiger partial charge in [-0.2, -0.15) is 0 Å². The summed E-state index contributed by atoms with van der Waals surface area (Å²) in [7, 11) is 1.54. The second-order valence-corrected chi connectivity index (χ2v) is 6.89. The summed E-state index contributed by atoms with van der Waals surface area (Å²) in [5, 5.41) is 4.40. The number of amides is 1. The Bertz CT molecular complexity index is 922. The highest BCUT2D eigenvalue weighted by molar-refractivity contribution is 7.22. The molecule has 1 heterocycles. The Morgan fingerprint density at radius 1 is 1.12 bits per heavy atom. The van der Waals surface area contributed by atoms with Crippen LogP contribution in [0.5, 0.6) is 11.5 Å². The van der Waals surface area contributed by atoms with Crippen LogP contribution in [-0.4, -0.2) is 19.6 Å². The van der Waals surface area contributed by atoms with Gasteiger partial charge in [-0.15, -0.1) is 11.3 Å². The Labute approximate surface area is 159 Å². The Kier molecular flexibility index (Phi) is 5.37. The van der Waals surface area contributed by atoms with Crippen LogP contribution >= 0.6 is 34.5 Å². The number of anilines is 1. The average Bonchev–Trinajstić information content (AvgIpc) is 2.95. The number of halogens is 2. The number of methoxy groups -OCH3 is 1. The van der Waals surface area contributed by atoms with Crippen molar-refractivity contribution in [2.24, 2.45) is 0 Å². The van der Waals surface area contributed by atoms with Crippen molar-refractivity contribution in [3.05, 3.63) is 51.3 Å². The quantitative estimate of drug-likeness (QED) is 0.587. The third kappa shape index (κ3) is 3.54. The smallest absolute Gasteiger partial charge is 0.267 e. The molecule has 1 amide bonds. The molecule has 1 N–H and O–H groups in total. The average molecular weight is 396 g/mol. The number of carbonyl (C=O) groups excluding carboxylic acids is 1. The van der Waals surface area contributed by atoms with Crippen molar-refractivity contribution in [1.82, 2.24) is 0 Å². The van der Waals surface area contributed by atoms with E-state index < -0.39 is 0 Å². The van der Waals surface area contributed by atoms with E-state index in [1.807, 2.05) is 6.92 Å². The molecule has 0 spiro atoms. The van der Waals surface area contributed by atoms with Gasteiger partial charge in [-0.05, 0) is 43.3 Å². The van der Waals surface area contributed by atoms with Gasteiger partial charge in [0.1, 0.15) is 21.4 Å². The van der Waals surface area contributed by atoms with E-state index in [9.17, 15) is 4.79 Å². The molecule has 0 saturated carbocycles. The largest absolute Gasteiger partial charge is 0.495 e. The molecule has 0 aliphatic rings. The fourth-order valence-electron chi connectivity index (χ4n) is 2.37. The molecule has 2 aromatic carbocycles. The number of rotatable bonds is 5. The van der Waals surface area contributed by atoms with Crippen molar-refractivity contribution in [3.63, 3.8) is 0 Å². The highest BCUT2D eigenvalue weighted by Gasteiger charge is 2.20. The maximum atomic E-state index is 12.6. The van der Waals surface area contributed by atoms with E-state index in [-0.39, 0.29) is 5.91 Å². The Balaban J connectivity index is 1.89. The van der Waals surface area contributed by atoms with Gasteiger partial charge in [-0.1, -0.05) is 23.2 Å². The lowest BCUT2D eigenvalue weighted by molar-refractivity contribution is 0.103. The second kappa shape index (κ2) is 7.52. The predicted molar refractivity (Wildman–Crippen MR) is 104 cm³/mol. The predicted octanol–water partition coefficient (Wildman–Crippen LogP) is 5.87. The lowest BCUT2D eigenvalue weighted by atomic mass is 10.2. The number of ether oxygens (including phenoxy) is 2. The van der Waals surface area contributed by atoms with Gasteiger partial charge in [0.2, 0.25) is 0 Å². The molecule has 3 aromatic rings. The summed E-state index contributed by atoms with van der Waals surface area (Å²) in [4.78, 5) is 13.0. The molecule has 0 atom stereocenters. The fourth-order valence-corrected chi connectivity index (χ4v) is 4.16. The number of benzene rings is 2. The van der Waals surface area contributed by atoms with Gasteiger partial charge in [0.25, 0.3) is 5.91 Å². The highest BCUT2D eigenvalue weighted by atomic mass is 35.5. The van der Waals surface area contributed by atoms with E-state index >= 15 is 0 Å². The topological polar surface area (TPSA) is 47.6 Å². The summed E-state index contributed by atoms with van der Waals surface area (Å²) < 4.78 is 11.3. The number of fused-ring (bicyclic) bond motifs is 1. The molecule has 130 valence electrons. The first-order chi connectivity index (χ1) is 12.0. The molecule has 3 rings (SSSR count). The summed E-state index contributed by atoms with van der Waals surface area (Å²) in [5.74, 6) is 1.01. The van der Waals surface area contributed by atoms with Crippen molar-refractivity contribution in [3.8, 4) is 11.5 Å². The van der Waals surface area contributed by atoms with Gasteiger partial charge in [0, 0.05) is 11.1 Å². The molecule has 25 heavy (non-hydrogen) atoms. The Morgan fingerprint density at radius 3 is 2.48 bits per heavy atom. The van der Waals surface area contributed by atoms with Gasteiger partial charge < -0.3 is 14.8 Å². The van der Waals surface area contributed by atoms with E-state index in [0.29, 0.717) is 33.0 Å². The molecular formula is C18H15Cl2NO3S. The number of nitrogens with one attached hydrogen (secondary N) is 1. The highest BCUT2D eigenvalue weighted by Crippen LogP contribution is 2.43. The zero-order chi connectivity index (χ0) is 18.0. The summed E-state index contributed by atoms with van der Waals surface area (Å²) in [6.07, 6.45) is 0. The molecular weight excluding hydrogens is 381 g/mol. The van der Waals surface area contributed by atoms with Crippen LogP contribution < -0.4 is 14.8 Å². The monoisotopic (exact) mass is 395 g/mol. The maximum absolute atomic E-state index is 12.6. The molecule has 7 heteroatoms. The van der Waals surface area contributed by atoms with E-state index in [1.165, 1.54) is 11.3 Å². The van der Waals surface area contributed by atoms with Crippen LogP contribution in [0.4, 0.5) is 5.69 Å². The van der Waals surface area contributed by atoms with Crippen LogP contribution in [-0.2, 0) is 0 Å². The van der Waals surface area contributed by atoms with E-state index in [1.54, 1.807) is 43.5 Å². The summed E-state index contributed by atoms with van der Waals surface area (Å²) in [6, 6.07) is 10.7. The first-order valence-electron chi connectivity index (χ1n) is 7.53. The third-order valence-corrected chi connectivity index (χ3v) is 5.76.